The molecule has 2 rings (SSSR count). The first kappa shape index (κ1) is 9.38. The summed E-state index contributed by atoms with van der Waals surface area (Å²) in [5, 5.41) is 6.34. The first-order valence-electron chi connectivity index (χ1n) is 4.39. The van der Waals surface area contributed by atoms with Crippen molar-refractivity contribution in [3.63, 3.8) is 0 Å². The first-order chi connectivity index (χ1) is 7.36. The molecule has 0 aromatic carbocycles. The van der Waals surface area contributed by atoms with Gasteiger partial charge in [-0.15, -0.1) is 0 Å². The molecule has 7 nitrogen and oxygen atoms in total. The molecule has 2 heterocycles. The molecule has 2 aromatic rings. The lowest BCUT2D eigenvalue weighted by Gasteiger charge is -2.00. The van der Waals surface area contributed by atoms with Gasteiger partial charge in [-0.05, 0) is 0 Å². The predicted molar refractivity (Wildman–Crippen MR) is 51.3 cm³/mol. The maximum Gasteiger partial charge on any atom is 0.290 e. The van der Waals surface area contributed by atoms with Crippen molar-refractivity contribution in [2.24, 2.45) is 0 Å². The molecule has 0 saturated carbocycles. The van der Waals surface area contributed by atoms with Gasteiger partial charge in [-0.3, -0.25) is 4.79 Å². The van der Waals surface area contributed by atoms with Crippen LogP contribution in [0.1, 0.15) is 5.89 Å². The van der Waals surface area contributed by atoms with Gasteiger partial charge in [-0.1, -0.05) is 5.16 Å². The second-order valence-electron chi connectivity index (χ2n) is 2.78. The minimum atomic E-state index is -0.247. The lowest BCUT2D eigenvalue weighted by Crippen LogP contribution is -2.17. The zero-order valence-corrected chi connectivity index (χ0v) is 7.80. The van der Waals surface area contributed by atoms with Gasteiger partial charge in [0.1, 0.15) is 0 Å². The summed E-state index contributed by atoms with van der Waals surface area (Å²) < 4.78 is 4.79. The average molecular weight is 207 g/mol. The van der Waals surface area contributed by atoms with Crippen LogP contribution in [0.2, 0.25) is 0 Å². The van der Waals surface area contributed by atoms with Crippen molar-refractivity contribution in [3.05, 3.63) is 35.0 Å². The Hall–Kier alpha value is -2.18. The number of hydrogen-bond acceptors (Lipinski definition) is 6. The lowest BCUT2D eigenvalue weighted by atomic mass is 10.4. The first-order valence-corrected chi connectivity index (χ1v) is 4.39. The Bertz CT molecular complexity index is 464. The summed E-state index contributed by atoms with van der Waals surface area (Å²) in [5.41, 5.74) is -0.247. The Morgan fingerprint density at radius 3 is 3.13 bits per heavy atom. The van der Waals surface area contributed by atoms with Crippen molar-refractivity contribution < 1.29 is 4.52 Å². The van der Waals surface area contributed by atoms with E-state index in [1.54, 1.807) is 0 Å². The summed E-state index contributed by atoms with van der Waals surface area (Å²) in [6.45, 7) is 0.516. The summed E-state index contributed by atoms with van der Waals surface area (Å²) in [4.78, 5) is 21.4. The van der Waals surface area contributed by atoms with E-state index in [-0.39, 0.29) is 11.4 Å². The maximum atomic E-state index is 11.2. The van der Waals surface area contributed by atoms with E-state index in [0.717, 1.165) is 0 Å². The van der Waals surface area contributed by atoms with Crippen molar-refractivity contribution in [1.29, 1.82) is 0 Å². The number of nitrogens with one attached hydrogen (secondary N) is 2. The third-order valence-corrected chi connectivity index (χ3v) is 1.75. The summed E-state index contributed by atoms with van der Waals surface area (Å²) in [7, 11) is 0. The molecule has 15 heavy (non-hydrogen) atoms. The Labute approximate surface area is 84.6 Å². The highest BCUT2D eigenvalue weighted by Gasteiger charge is 2.01. The monoisotopic (exact) mass is 207 g/mol. The van der Waals surface area contributed by atoms with Crippen LogP contribution in [-0.4, -0.2) is 26.7 Å². The summed E-state index contributed by atoms with van der Waals surface area (Å²) in [6, 6.07) is 0. The van der Waals surface area contributed by atoms with Crippen molar-refractivity contribution in [1.82, 2.24) is 20.1 Å². The Morgan fingerprint density at radius 1 is 1.47 bits per heavy atom. The number of H-pyrrole nitrogens is 1. The minimum Gasteiger partial charge on any atom is -0.365 e. The molecule has 2 aromatic heterocycles. The van der Waals surface area contributed by atoms with Gasteiger partial charge in [0.25, 0.3) is 5.56 Å². The highest BCUT2D eigenvalue weighted by Crippen LogP contribution is 1.94. The molecule has 0 bridgehead atoms. The molecule has 0 atom stereocenters. The van der Waals surface area contributed by atoms with E-state index in [0.29, 0.717) is 18.9 Å². The van der Waals surface area contributed by atoms with Crippen molar-refractivity contribution in [3.8, 4) is 0 Å². The largest absolute Gasteiger partial charge is 0.365 e. The van der Waals surface area contributed by atoms with Gasteiger partial charge in [-0.25, -0.2) is 4.98 Å². The second kappa shape index (κ2) is 4.36. The van der Waals surface area contributed by atoms with Crippen LogP contribution >= 0.6 is 0 Å². The molecule has 0 amide bonds. The highest BCUT2D eigenvalue weighted by atomic mass is 16.5. The number of aromatic nitrogens is 4. The Kier molecular flexibility index (Phi) is 2.72. The number of nitrogens with zero attached hydrogens (tertiary/aromatic N) is 3. The van der Waals surface area contributed by atoms with E-state index in [1.807, 2.05) is 0 Å². The third kappa shape index (κ3) is 2.39. The van der Waals surface area contributed by atoms with Gasteiger partial charge >= 0.3 is 0 Å². The quantitative estimate of drug-likeness (QED) is 0.721. The van der Waals surface area contributed by atoms with Crippen LogP contribution in [0.25, 0.3) is 0 Å². The van der Waals surface area contributed by atoms with E-state index in [1.165, 1.54) is 18.7 Å². The Morgan fingerprint density at radius 2 is 2.40 bits per heavy atom. The van der Waals surface area contributed by atoms with E-state index in [9.17, 15) is 4.79 Å². The van der Waals surface area contributed by atoms with Gasteiger partial charge in [0.15, 0.2) is 12.1 Å². The summed E-state index contributed by atoms with van der Waals surface area (Å²) in [6.07, 6.45) is 4.88. The van der Waals surface area contributed by atoms with Crippen LogP contribution in [0.15, 0.2) is 28.0 Å². The number of hydrogen-bond donors (Lipinski definition) is 2. The fourth-order valence-electron chi connectivity index (χ4n) is 1.07. The molecule has 0 saturated heterocycles. The predicted octanol–water partition coefficient (Wildman–Crippen LogP) is -0.193. The van der Waals surface area contributed by atoms with E-state index in [2.05, 4.69) is 25.4 Å². The normalized spacial score (nSPS) is 10.1. The van der Waals surface area contributed by atoms with Crippen LogP contribution in [0.5, 0.6) is 0 Å². The average Bonchev–Trinajstić information content (AvgIpc) is 2.74. The molecule has 0 aliphatic rings. The molecule has 7 heteroatoms. The molecule has 0 spiro atoms. The molecular formula is C8H9N5O2. The van der Waals surface area contributed by atoms with Crippen molar-refractivity contribution >= 4 is 5.82 Å². The molecule has 0 fully saturated rings. The third-order valence-electron chi connectivity index (χ3n) is 1.75. The highest BCUT2D eigenvalue weighted by molar-refractivity contribution is 5.29. The summed E-state index contributed by atoms with van der Waals surface area (Å²) in [5.74, 6) is 0.812. The van der Waals surface area contributed by atoms with Crippen LogP contribution < -0.4 is 10.9 Å². The number of anilines is 1. The topological polar surface area (TPSA) is 96.7 Å². The molecule has 78 valence electrons. The van der Waals surface area contributed by atoms with E-state index in [4.69, 9.17) is 4.52 Å². The molecule has 0 aliphatic heterocycles. The number of rotatable bonds is 4. The zero-order valence-electron chi connectivity index (χ0n) is 7.80. The molecule has 0 unspecified atom stereocenters. The van der Waals surface area contributed by atoms with Crippen LogP contribution in [0.3, 0.4) is 0 Å². The fraction of sp³-hybridized carbons (Fsp3) is 0.250. The molecule has 2 N–H and O–H groups in total. The van der Waals surface area contributed by atoms with Gasteiger partial charge in [0.05, 0.1) is 0 Å². The maximum absolute atomic E-state index is 11.2. The zero-order chi connectivity index (χ0) is 10.5. The Balaban J connectivity index is 1.89. The lowest BCUT2D eigenvalue weighted by molar-refractivity contribution is 0.379. The van der Waals surface area contributed by atoms with Crippen molar-refractivity contribution in [2.75, 3.05) is 11.9 Å². The van der Waals surface area contributed by atoms with Crippen LogP contribution in [-0.2, 0) is 6.42 Å². The van der Waals surface area contributed by atoms with Gasteiger partial charge < -0.3 is 14.8 Å². The van der Waals surface area contributed by atoms with Gasteiger partial charge in [0.2, 0.25) is 5.89 Å². The molecular weight excluding hydrogens is 198 g/mol. The van der Waals surface area contributed by atoms with E-state index >= 15 is 0 Å². The van der Waals surface area contributed by atoms with Gasteiger partial charge in [0, 0.05) is 25.4 Å². The van der Waals surface area contributed by atoms with Crippen LogP contribution in [0, 0.1) is 0 Å². The van der Waals surface area contributed by atoms with Crippen molar-refractivity contribution in [2.45, 2.75) is 6.42 Å². The minimum absolute atomic E-state index is 0.247. The number of aromatic amines is 1. The summed E-state index contributed by atoms with van der Waals surface area (Å²) >= 11 is 0. The van der Waals surface area contributed by atoms with Crippen LogP contribution in [0.4, 0.5) is 5.82 Å². The fourth-order valence-corrected chi connectivity index (χ4v) is 1.07. The smallest absolute Gasteiger partial charge is 0.290 e. The SMILES string of the molecule is O=c1[nH]ccnc1NCCc1ncno1. The van der Waals surface area contributed by atoms with Gasteiger partial charge in [-0.2, -0.15) is 4.98 Å². The molecule has 0 aliphatic carbocycles. The second-order valence-corrected chi connectivity index (χ2v) is 2.78. The molecule has 0 radical (unpaired) electrons. The standard InChI is InChI=1S/C8H9N5O2/c14-8-7(10-3-4-11-8)9-2-1-6-12-5-13-15-6/h3-5H,1-2H2,(H,9,10)(H,11,14). The van der Waals surface area contributed by atoms with E-state index < -0.39 is 0 Å².